The van der Waals surface area contributed by atoms with Crippen molar-refractivity contribution in [2.45, 2.75) is 45.6 Å². The van der Waals surface area contributed by atoms with Crippen LogP contribution in [0.15, 0.2) is 5.03 Å². The highest BCUT2D eigenvalue weighted by Crippen LogP contribution is 2.22. The number of nitrogens with zero attached hydrogens (tertiary/aromatic N) is 2. The minimum absolute atomic E-state index is 0.236. The summed E-state index contributed by atoms with van der Waals surface area (Å²) in [5, 5.41) is 14.9. The van der Waals surface area contributed by atoms with Crippen molar-refractivity contribution in [1.29, 1.82) is 0 Å². The van der Waals surface area contributed by atoms with Crippen LogP contribution in [0.1, 0.15) is 49.7 Å². The van der Waals surface area contributed by atoms with Gasteiger partial charge in [-0.25, -0.2) is 13.2 Å². The van der Waals surface area contributed by atoms with Crippen LogP contribution in [0.25, 0.3) is 0 Å². The second-order valence-electron chi connectivity index (χ2n) is 4.97. The van der Waals surface area contributed by atoms with E-state index in [1.807, 2.05) is 13.8 Å². The summed E-state index contributed by atoms with van der Waals surface area (Å²) in [6, 6.07) is 0. The highest BCUT2D eigenvalue weighted by molar-refractivity contribution is 7.89. The molecule has 7 nitrogen and oxygen atoms in total. The van der Waals surface area contributed by atoms with Gasteiger partial charge in [-0.3, -0.25) is 5.10 Å². The van der Waals surface area contributed by atoms with Crippen molar-refractivity contribution in [2.75, 3.05) is 13.1 Å². The molecule has 0 unspecified atom stereocenters. The van der Waals surface area contributed by atoms with E-state index in [0.717, 1.165) is 12.8 Å². The monoisotopic (exact) mass is 317 g/mol. The molecule has 0 atom stereocenters. The zero-order chi connectivity index (χ0) is 16.2. The molecule has 0 saturated heterocycles. The lowest BCUT2D eigenvalue weighted by atomic mass is 10.0. The van der Waals surface area contributed by atoms with Gasteiger partial charge in [-0.05, 0) is 12.8 Å². The molecule has 8 heteroatoms. The molecular formula is C13H23N3O4S. The van der Waals surface area contributed by atoms with Crippen molar-refractivity contribution in [2.24, 2.45) is 5.92 Å². The Bertz CT molecular complexity index is 591. The van der Waals surface area contributed by atoms with E-state index in [1.54, 1.807) is 6.92 Å². The summed E-state index contributed by atoms with van der Waals surface area (Å²) in [6.45, 7) is 7.90. The molecule has 0 saturated carbocycles. The van der Waals surface area contributed by atoms with E-state index in [1.165, 1.54) is 11.2 Å². The van der Waals surface area contributed by atoms with Gasteiger partial charge < -0.3 is 5.11 Å². The summed E-state index contributed by atoms with van der Waals surface area (Å²) >= 11 is 0. The smallest absolute Gasteiger partial charge is 0.340 e. The Balaban J connectivity index is 3.22. The third-order valence-electron chi connectivity index (χ3n) is 3.68. The highest BCUT2D eigenvalue weighted by atomic mass is 32.2. The summed E-state index contributed by atoms with van der Waals surface area (Å²) in [4.78, 5) is 11.3. The molecule has 2 N–H and O–H groups in total. The number of hydrogen-bond donors (Lipinski definition) is 2. The molecule has 0 amide bonds. The van der Waals surface area contributed by atoms with Gasteiger partial charge in [-0.2, -0.15) is 9.40 Å². The Hall–Kier alpha value is -1.41. The Morgan fingerprint density at radius 1 is 1.33 bits per heavy atom. The minimum Gasteiger partial charge on any atom is -0.478 e. The van der Waals surface area contributed by atoms with Crippen molar-refractivity contribution >= 4 is 16.0 Å². The summed E-state index contributed by atoms with van der Waals surface area (Å²) in [6.07, 6.45) is 1.74. The van der Waals surface area contributed by atoms with E-state index in [2.05, 4.69) is 10.2 Å². The average molecular weight is 317 g/mol. The summed E-state index contributed by atoms with van der Waals surface area (Å²) in [5.74, 6) is -1.05. The fraction of sp³-hybridized carbons (Fsp3) is 0.692. The molecule has 0 aliphatic heterocycles. The summed E-state index contributed by atoms with van der Waals surface area (Å²) in [7, 11) is -3.91. The number of aromatic amines is 1. The normalized spacial score (nSPS) is 12.3. The number of aryl methyl sites for hydroxylation is 1. The van der Waals surface area contributed by atoms with Crippen molar-refractivity contribution in [3.8, 4) is 0 Å². The molecule has 1 rings (SSSR count). The van der Waals surface area contributed by atoms with Crippen LogP contribution in [0.4, 0.5) is 0 Å². The Labute approximate surface area is 125 Å². The van der Waals surface area contributed by atoms with Gasteiger partial charge in [-0.1, -0.05) is 33.6 Å². The van der Waals surface area contributed by atoms with Crippen molar-refractivity contribution in [3.05, 3.63) is 11.3 Å². The lowest BCUT2D eigenvalue weighted by molar-refractivity contribution is 0.0691. The fourth-order valence-electron chi connectivity index (χ4n) is 2.20. The zero-order valence-corrected chi connectivity index (χ0v) is 13.7. The molecule has 0 aliphatic rings. The maximum Gasteiger partial charge on any atom is 0.340 e. The third kappa shape index (κ3) is 3.62. The van der Waals surface area contributed by atoms with Gasteiger partial charge in [0.2, 0.25) is 5.03 Å². The van der Waals surface area contributed by atoms with Crippen LogP contribution in [0.2, 0.25) is 0 Å². The summed E-state index contributed by atoms with van der Waals surface area (Å²) in [5.41, 5.74) is -0.0438. The first-order valence-corrected chi connectivity index (χ1v) is 8.51. The lowest BCUT2D eigenvalue weighted by Crippen LogP contribution is -2.36. The molecule has 120 valence electrons. The van der Waals surface area contributed by atoms with Crippen LogP contribution < -0.4 is 0 Å². The predicted octanol–water partition coefficient (Wildman–Crippen LogP) is 1.86. The molecule has 0 aromatic carbocycles. The topological polar surface area (TPSA) is 103 Å². The largest absolute Gasteiger partial charge is 0.478 e. The zero-order valence-electron chi connectivity index (χ0n) is 12.9. The maximum absolute atomic E-state index is 12.6. The Morgan fingerprint density at radius 2 is 1.90 bits per heavy atom. The lowest BCUT2D eigenvalue weighted by Gasteiger charge is -2.24. The van der Waals surface area contributed by atoms with E-state index < -0.39 is 21.0 Å². The number of carboxylic acid groups (broad SMARTS) is 1. The molecular weight excluding hydrogens is 294 g/mol. The molecule has 21 heavy (non-hydrogen) atoms. The first-order chi connectivity index (χ1) is 9.79. The second-order valence-corrected chi connectivity index (χ2v) is 6.83. The number of rotatable bonds is 8. The van der Waals surface area contributed by atoms with Crippen molar-refractivity contribution in [3.63, 3.8) is 0 Å². The van der Waals surface area contributed by atoms with E-state index in [4.69, 9.17) is 0 Å². The van der Waals surface area contributed by atoms with Crippen molar-refractivity contribution < 1.29 is 18.3 Å². The van der Waals surface area contributed by atoms with Gasteiger partial charge in [0, 0.05) is 18.8 Å². The summed E-state index contributed by atoms with van der Waals surface area (Å²) < 4.78 is 26.6. The van der Waals surface area contributed by atoms with Gasteiger partial charge in [0.15, 0.2) is 0 Å². The quantitative estimate of drug-likeness (QED) is 0.761. The van der Waals surface area contributed by atoms with E-state index in [0.29, 0.717) is 6.54 Å². The molecule has 1 aromatic rings. The number of carbonyl (C=O) groups is 1. The molecule has 0 aliphatic carbocycles. The minimum atomic E-state index is -3.91. The maximum atomic E-state index is 12.6. The highest BCUT2D eigenvalue weighted by Gasteiger charge is 2.33. The predicted molar refractivity (Wildman–Crippen MR) is 78.8 cm³/mol. The number of H-pyrrole nitrogens is 1. The van der Waals surface area contributed by atoms with Crippen LogP contribution in [0.3, 0.4) is 0 Å². The Kier molecular flexibility index (Phi) is 5.91. The Morgan fingerprint density at radius 3 is 2.33 bits per heavy atom. The second kappa shape index (κ2) is 7.04. The van der Waals surface area contributed by atoms with E-state index >= 15 is 0 Å². The number of carboxylic acids is 1. The molecule has 0 radical (unpaired) electrons. The van der Waals surface area contributed by atoms with E-state index in [9.17, 15) is 18.3 Å². The standard InChI is InChI=1S/C13H23N3O4S/c1-5-10(6-2)8-16(7-3)21(19,20)12-11(13(17)18)9(4)14-15-12/h10H,5-8H2,1-4H3,(H,14,15)(H,17,18). The van der Waals surface area contributed by atoms with Crippen LogP contribution in [0.5, 0.6) is 0 Å². The first-order valence-electron chi connectivity index (χ1n) is 7.07. The van der Waals surface area contributed by atoms with Crippen LogP contribution in [-0.2, 0) is 10.0 Å². The van der Waals surface area contributed by atoms with Gasteiger partial charge in [0.1, 0.15) is 5.56 Å². The first kappa shape index (κ1) is 17.6. The number of hydrogen-bond acceptors (Lipinski definition) is 4. The van der Waals surface area contributed by atoms with Crippen LogP contribution >= 0.6 is 0 Å². The average Bonchev–Trinajstić information content (AvgIpc) is 2.82. The molecule has 0 spiro atoms. The number of sulfonamides is 1. The number of aromatic carboxylic acids is 1. The SMILES string of the molecule is CCC(CC)CN(CC)S(=O)(=O)c1n[nH]c(C)c1C(=O)O. The van der Waals surface area contributed by atoms with Gasteiger partial charge in [-0.15, -0.1) is 0 Å². The van der Waals surface area contributed by atoms with Gasteiger partial charge in [0.05, 0.1) is 0 Å². The molecule has 0 bridgehead atoms. The van der Waals surface area contributed by atoms with Gasteiger partial charge in [0.25, 0.3) is 10.0 Å². The van der Waals surface area contributed by atoms with Crippen LogP contribution in [-0.4, -0.2) is 47.1 Å². The fourth-order valence-corrected chi connectivity index (χ4v) is 3.85. The third-order valence-corrected chi connectivity index (χ3v) is 5.55. The van der Waals surface area contributed by atoms with Crippen LogP contribution in [0, 0.1) is 12.8 Å². The molecule has 1 heterocycles. The molecule has 1 aromatic heterocycles. The number of nitrogens with one attached hydrogen (secondary N) is 1. The van der Waals surface area contributed by atoms with E-state index in [-0.39, 0.29) is 23.7 Å². The number of aromatic nitrogens is 2. The van der Waals surface area contributed by atoms with Crippen molar-refractivity contribution in [1.82, 2.24) is 14.5 Å². The van der Waals surface area contributed by atoms with Gasteiger partial charge >= 0.3 is 5.97 Å². The molecule has 0 fully saturated rings.